The van der Waals surface area contributed by atoms with Crippen molar-refractivity contribution < 1.29 is 12.8 Å². The molecule has 1 heterocycles. The zero-order valence-electron chi connectivity index (χ0n) is 13.9. The highest BCUT2D eigenvalue weighted by molar-refractivity contribution is 7.89. The van der Waals surface area contributed by atoms with E-state index in [0.29, 0.717) is 25.2 Å². The van der Waals surface area contributed by atoms with Gasteiger partial charge in [-0.3, -0.25) is 0 Å². The molecule has 0 amide bonds. The molecule has 0 aliphatic carbocycles. The van der Waals surface area contributed by atoms with Gasteiger partial charge in [0.25, 0.3) is 0 Å². The van der Waals surface area contributed by atoms with Crippen LogP contribution in [0.1, 0.15) is 17.0 Å². The van der Waals surface area contributed by atoms with E-state index >= 15 is 0 Å². The fraction of sp³-hybridized carbons (Fsp3) is 0.333. The highest BCUT2D eigenvalue weighted by atomic mass is 35.5. The number of hydrogen-bond acceptors (Lipinski definition) is 3. The Morgan fingerprint density at radius 3 is 2.44 bits per heavy atom. The second-order valence-corrected chi connectivity index (χ2v) is 8.24. The number of nitrogens with two attached hydrogens (primary N) is 1. The molecule has 0 aromatic heterocycles. The molecule has 3 rings (SSSR count). The van der Waals surface area contributed by atoms with Crippen LogP contribution in [0.4, 0.5) is 4.39 Å². The summed E-state index contributed by atoms with van der Waals surface area (Å²) in [6.45, 7) is 2.81. The molecule has 0 radical (unpaired) electrons. The number of sulfonamides is 1. The standard InChI is InChI=1S/C18H21FN2O2S.ClH/c1-13-7-16(19)9-17(8-13)24(22,23)21-11-15(10-20)18(12-21)14-5-3-2-4-6-14;/h2-9,15,18H,10-12,20H2,1H3;1H/t15-,18+;/m1./s1. The van der Waals surface area contributed by atoms with Gasteiger partial charge in [0.15, 0.2) is 0 Å². The van der Waals surface area contributed by atoms with Crippen LogP contribution in [0.5, 0.6) is 0 Å². The first kappa shape index (κ1) is 19.8. The van der Waals surface area contributed by atoms with Crippen molar-refractivity contribution in [2.45, 2.75) is 17.7 Å². The molecule has 0 saturated carbocycles. The summed E-state index contributed by atoms with van der Waals surface area (Å²) < 4.78 is 40.8. The van der Waals surface area contributed by atoms with Crippen molar-refractivity contribution in [1.82, 2.24) is 4.31 Å². The van der Waals surface area contributed by atoms with E-state index in [1.165, 1.54) is 16.4 Å². The lowest BCUT2D eigenvalue weighted by molar-refractivity contribution is 0.458. The van der Waals surface area contributed by atoms with Crippen molar-refractivity contribution in [3.8, 4) is 0 Å². The van der Waals surface area contributed by atoms with Crippen LogP contribution in [-0.4, -0.2) is 32.4 Å². The van der Waals surface area contributed by atoms with Gasteiger partial charge < -0.3 is 5.73 Å². The van der Waals surface area contributed by atoms with Gasteiger partial charge in [0, 0.05) is 19.0 Å². The molecule has 2 aromatic carbocycles. The first-order chi connectivity index (χ1) is 11.4. The van der Waals surface area contributed by atoms with Gasteiger partial charge in [0.2, 0.25) is 10.0 Å². The Morgan fingerprint density at radius 1 is 1.16 bits per heavy atom. The Balaban J connectivity index is 0.00000225. The van der Waals surface area contributed by atoms with Crippen LogP contribution in [0.15, 0.2) is 53.4 Å². The molecule has 25 heavy (non-hydrogen) atoms. The van der Waals surface area contributed by atoms with E-state index in [0.717, 1.165) is 11.6 Å². The summed E-state index contributed by atoms with van der Waals surface area (Å²) in [6.07, 6.45) is 0. The van der Waals surface area contributed by atoms with E-state index in [4.69, 9.17) is 5.73 Å². The summed E-state index contributed by atoms with van der Waals surface area (Å²) in [6, 6.07) is 13.7. The number of benzene rings is 2. The lowest BCUT2D eigenvalue weighted by Crippen LogP contribution is -2.30. The van der Waals surface area contributed by atoms with E-state index < -0.39 is 15.8 Å². The Labute approximate surface area is 154 Å². The smallest absolute Gasteiger partial charge is 0.243 e. The van der Waals surface area contributed by atoms with Crippen LogP contribution in [0.2, 0.25) is 0 Å². The normalized spacial score (nSPS) is 21.1. The molecule has 2 N–H and O–H groups in total. The fourth-order valence-corrected chi connectivity index (χ4v) is 4.98. The number of hydrogen-bond donors (Lipinski definition) is 1. The lowest BCUT2D eigenvalue weighted by Gasteiger charge is -2.17. The minimum Gasteiger partial charge on any atom is -0.330 e. The van der Waals surface area contributed by atoms with Crippen LogP contribution < -0.4 is 5.73 Å². The molecule has 0 bridgehead atoms. The molecule has 4 nitrogen and oxygen atoms in total. The minimum atomic E-state index is -3.73. The second kappa shape index (κ2) is 7.83. The van der Waals surface area contributed by atoms with Crippen LogP contribution in [0, 0.1) is 18.7 Å². The maximum absolute atomic E-state index is 13.6. The number of nitrogens with zero attached hydrogens (tertiary/aromatic N) is 1. The predicted octanol–water partition coefficient (Wildman–Crippen LogP) is 2.92. The molecule has 0 unspecified atom stereocenters. The van der Waals surface area contributed by atoms with E-state index in [1.54, 1.807) is 6.92 Å². The lowest BCUT2D eigenvalue weighted by atomic mass is 9.89. The SMILES string of the molecule is Cc1cc(F)cc(S(=O)(=O)N2C[C@@H](CN)[C@H](c3ccccc3)C2)c1.Cl. The summed E-state index contributed by atoms with van der Waals surface area (Å²) in [5.41, 5.74) is 7.54. The molecule has 1 aliphatic rings. The molecule has 1 fully saturated rings. The van der Waals surface area contributed by atoms with E-state index in [1.807, 2.05) is 30.3 Å². The van der Waals surface area contributed by atoms with Gasteiger partial charge in [-0.25, -0.2) is 12.8 Å². The summed E-state index contributed by atoms with van der Waals surface area (Å²) in [4.78, 5) is 0.00415. The molecule has 2 atom stereocenters. The third-order valence-electron chi connectivity index (χ3n) is 4.59. The van der Waals surface area contributed by atoms with Gasteiger partial charge >= 0.3 is 0 Å². The van der Waals surface area contributed by atoms with Crippen LogP contribution >= 0.6 is 12.4 Å². The maximum atomic E-state index is 13.6. The average Bonchev–Trinajstić information content (AvgIpc) is 3.00. The van der Waals surface area contributed by atoms with Gasteiger partial charge in [-0.15, -0.1) is 12.4 Å². The fourth-order valence-electron chi connectivity index (χ4n) is 3.35. The molecule has 136 valence electrons. The van der Waals surface area contributed by atoms with Gasteiger partial charge in [-0.1, -0.05) is 30.3 Å². The van der Waals surface area contributed by atoms with Gasteiger partial charge in [0.05, 0.1) is 4.90 Å². The zero-order valence-corrected chi connectivity index (χ0v) is 15.6. The molecular weight excluding hydrogens is 363 g/mol. The van der Waals surface area contributed by atoms with E-state index in [2.05, 4.69) is 0 Å². The maximum Gasteiger partial charge on any atom is 0.243 e. The second-order valence-electron chi connectivity index (χ2n) is 6.30. The van der Waals surface area contributed by atoms with E-state index in [-0.39, 0.29) is 29.1 Å². The summed E-state index contributed by atoms with van der Waals surface area (Å²) >= 11 is 0. The van der Waals surface area contributed by atoms with Gasteiger partial charge in [-0.2, -0.15) is 4.31 Å². The summed E-state index contributed by atoms with van der Waals surface area (Å²) in [7, 11) is -3.73. The minimum absolute atomic E-state index is 0. The van der Waals surface area contributed by atoms with E-state index in [9.17, 15) is 12.8 Å². The largest absolute Gasteiger partial charge is 0.330 e. The average molecular weight is 385 g/mol. The van der Waals surface area contributed by atoms with Crippen molar-refractivity contribution in [1.29, 1.82) is 0 Å². The zero-order chi connectivity index (χ0) is 17.3. The molecule has 7 heteroatoms. The Hall–Kier alpha value is -1.47. The molecule has 2 aromatic rings. The third kappa shape index (κ3) is 4.03. The summed E-state index contributed by atoms with van der Waals surface area (Å²) in [5.74, 6) is -0.430. The monoisotopic (exact) mass is 384 g/mol. The number of rotatable bonds is 4. The molecule has 1 aliphatic heterocycles. The Morgan fingerprint density at radius 2 is 1.84 bits per heavy atom. The highest BCUT2D eigenvalue weighted by Gasteiger charge is 2.39. The first-order valence-electron chi connectivity index (χ1n) is 7.94. The molecule has 1 saturated heterocycles. The Bertz CT molecular complexity index is 810. The topological polar surface area (TPSA) is 63.4 Å². The quantitative estimate of drug-likeness (QED) is 0.881. The van der Waals surface area contributed by atoms with Gasteiger partial charge in [-0.05, 0) is 48.7 Å². The first-order valence-corrected chi connectivity index (χ1v) is 9.38. The number of aryl methyl sites for hydroxylation is 1. The van der Waals surface area contributed by atoms with Crippen molar-refractivity contribution in [3.05, 3.63) is 65.5 Å². The predicted molar refractivity (Wildman–Crippen MR) is 98.9 cm³/mol. The van der Waals surface area contributed by atoms with Crippen molar-refractivity contribution in [2.24, 2.45) is 11.7 Å². The molecule has 0 spiro atoms. The van der Waals surface area contributed by atoms with Crippen molar-refractivity contribution in [2.75, 3.05) is 19.6 Å². The van der Waals surface area contributed by atoms with Gasteiger partial charge in [0.1, 0.15) is 5.82 Å². The van der Waals surface area contributed by atoms with Crippen molar-refractivity contribution in [3.63, 3.8) is 0 Å². The molecular formula is C18H22ClFN2O2S. The van der Waals surface area contributed by atoms with Crippen molar-refractivity contribution >= 4 is 22.4 Å². The Kier molecular flexibility index (Phi) is 6.21. The summed E-state index contributed by atoms with van der Waals surface area (Å²) in [5, 5.41) is 0. The third-order valence-corrected chi connectivity index (χ3v) is 6.40. The highest BCUT2D eigenvalue weighted by Crippen LogP contribution is 2.35. The van der Waals surface area contributed by atoms with Crippen LogP contribution in [-0.2, 0) is 10.0 Å². The number of halogens is 2. The van der Waals surface area contributed by atoms with Crippen LogP contribution in [0.25, 0.3) is 0 Å². The van der Waals surface area contributed by atoms with Crippen LogP contribution in [0.3, 0.4) is 0 Å².